The maximum atomic E-state index is 9.47. The molecular formula is C16H16OS. The first-order valence-corrected chi connectivity index (χ1v) is 7.15. The molecule has 18 heavy (non-hydrogen) atoms. The normalized spacial score (nSPS) is 25.9. The molecule has 3 rings (SSSR count). The lowest BCUT2D eigenvalue weighted by Gasteiger charge is -2.00. The van der Waals surface area contributed by atoms with E-state index in [4.69, 9.17) is 0 Å². The van der Waals surface area contributed by atoms with Crippen LogP contribution in [0.25, 0.3) is 0 Å². The van der Waals surface area contributed by atoms with Crippen molar-refractivity contribution in [3.05, 3.63) is 66.2 Å². The van der Waals surface area contributed by atoms with Crippen LogP contribution in [-0.2, 0) is 0 Å². The third-order valence-corrected chi connectivity index (χ3v) is 4.97. The Morgan fingerprint density at radius 1 is 0.889 bits per heavy atom. The molecule has 3 atom stereocenters. The molecule has 2 aromatic carbocycles. The molecule has 2 heteroatoms. The van der Waals surface area contributed by atoms with Gasteiger partial charge >= 0.3 is 0 Å². The summed E-state index contributed by atoms with van der Waals surface area (Å²) in [7, 11) is 0. The van der Waals surface area contributed by atoms with Crippen LogP contribution in [0.15, 0.2) is 65.6 Å². The Morgan fingerprint density at radius 3 is 2.11 bits per heavy atom. The number of hydrogen-bond donors (Lipinski definition) is 1. The van der Waals surface area contributed by atoms with E-state index in [9.17, 15) is 5.11 Å². The van der Waals surface area contributed by atoms with Crippen molar-refractivity contribution in [2.75, 3.05) is 6.61 Å². The van der Waals surface area contributed by atoms with Crippen LogP contribution in [0.2, 0.25) is 0 Å². The van der Waals surface area contributed by atoms with E-state index in [0.29, 0.717) is 17.1 Å². The second-order valence-electron chi connectivity index (χ2n) is 4.68. The largest absolute Gasteiger partial charge is 0.396 e. The highest BCUT2D eigenvalue weighted by Gasteiger charge is 2.50. The molecule has 2 aromatic rings. The fourth-order valence-corrected chi connectivity index (χ4v) is 3.96. The van der Waals surface area contributed by atoms with E-state index >= 15 is 0 Å². The smallest absolute Gasteiger partial charge is 0.0476 e. The summed E-state index contributed by atoms with van der Waals surface area (Å²) in [4.78, 5) is 1.29. The van der Waals surface area contributed by atoms with Crippen molar-refractivity contribution in [2.24, 2.45) is 5.92 Å². The number of rotatable bonds is 4. The lowest BCUT2D eigenvalue weighted by Crippen LogP contribution is -1.89. The average molecular weight is 256 g/mol. The second-order valence-corrected chi connectivity index (χ2v) is 5.93. The van der Waals surface area contributed by atoms with Gasteiger partial charge in [0.15, 0.2) is 0 Å². The number of benzene rings is 2. The fourth-order valence-electron chi connectivity index (χ4n) is 2.49. The maximum absolute atomic E-state index is 9.47. The highest BCUT2D eigenvalue weighted by Crippen LogP contribution is 2.56. The number of aliphatic hydroxyl groups excluding tert-OH is 1. The first-order chi connectivity index (χ1) is 8.90. The number of aliphatic hydroxyl groups is 1. The molecule has 0 amide bonds. The minimum absolute atomic E-state index is 0.282. The van der Waals surface area contributed by atoms with E-state index in [2.05, 4.69) is 48.5 Å². The van der Waals surface area contributed by atoms with Crippen LogP contribution in [0, 0.1) is 5.92 Å². The van der Waals surface area contributed by atoms with Crippen molar-refractivity contribution >= 4 is 11.8 Å². The predicted molar refractivity (Wildman–Crippen MR) is 75.8 cm³/mol. The molecule has 1 aliphatic carbocycles. The van der Waals surface area contributed by atoms with Gasteiger partial charge in [-0.15, -0.1) is 11.8 Å². The van der Waals surface area contributed by atoms with Crippen LogP contribution in [0.3, 0.4) is 0 Å². The van der Waals surface area contributed by atoms with E-state index < -0.39 is 0 Å². The molecule has 0 radical (unpaired) electrons. The van der Waals surface area contributed by atoms with Crippen LogP contribution in [0.1, 0.15) is 11.5 Å². The van der Waals surface area contributed by atoms with Gasteiger partial charge in [0.2, 0.25) is 0 Å². The van der Waals surface area contributed by atoms with E-state index in [1.165, 1.54) is 10.5 Å². The second kappa shape index (κ2) is 5.17. The molecule has 0 aromatic heterocycles. The topological polar surface area (TPSA) is 20.2 Å². The summed E-state index contributed by atoms with van der Waals surface area (Å²) in [6, 6.07) is 21.0. The standard InChI is InChI=1S/C16H16OS/c17-11-14-15(12-7-3-1-4-8-12)16(14)18-13-9-5-2-6-10-13/h1-10,14-17H,11H2. The van der Waals surface area contributed by atoms with Gasteiger partial charge < -0.3 is 5.11 Å². The lowest BCUT2D eigenvalue weighted by atomic mass is 10.1. The summed E-state index contributed by atoms with van der Waals surface area (Å²) in [5, 5.41) is 9.99. The Balaban J connectivity index is 1.74. The van der Waals surface area contributed by atoms with Gasteiger partial charge in [-0.25, -0.2) is 0 Å². The van der Waals surface area contributed by atoms with Gasteiger partial charge in [0.1, 0.15) is 0 Å². The Kier molecular flexibility index (Phi) is 3.39. The van der Waals surface area contributed by atoms with E-state index in [-0.39, 0.29) is 6.61 Å². The molecule has 1 aliphatic rings. The van der Waals surface area contributed by atoms with Crippen molar-refractivity contribution in [3.8, 4) is 0 Å². The van der Waals surface area contributed by atoms with Gasteiger partial charge in [-0.3, -0.25) is 0 Å². The van der Waals surface area contributed by atoms with Gasteiger partial charge in [-0.1, -0.05) is 48.5 Å². The fraction of sp³-hybridized carbons (Fsp3) is 0.250. The summed E-state index contributed by atoms with van der Waals surface area (Å²) in [5.41, 5.74) is 1.35. The lowest BCUT2D eigenvalue weighted by molar-refractivity contribution is 0.274. The van der Waals surface area contributed by atoms with Crippen LogP contribution in [0.5, 0.6) is 0 Å². The third-order valence-electron chi connectivity index (χ3n) is 3.51. The van der Waals surface area contributed by atoms with Gasteiger partial charge in [-0.05, 0) is 17.7 Å². The zero-order valence-electron chi connectivity index (χ0n) is 10.1. The van der Waals surface area contributed by atoms with Crippen LogP contribution < -0.4 is 0 Å². The molecule has 1 fully saturated rings. The molecule has 1 saturated carbocycles. The predicted octanol–water partition coefficient (Wildman–Crippen LogP) is 3.55. The monoisotopic (exact) mass is 256 g/mol. The molecule has 0 bridgehead atoms. The molecule has 0 spiro atoms. The quantitative estimate of drug-likeness (QED) is 0.902. The average Bonchev–Trinajstić information content (AvgIpc) is 3.14. The van der Waals surface area contributed by atoms with Crippen molar-refractivity contribution < 1.29 is 5.11 Å². The van der Waals surface area contributed by atoms with Crippen molar-refractivity contribution in [1.82, 2.24) is 0 Å². The van der Waals surface area contributed by atoms with Crippen LogP contribution in [-0.4, -0.2) is 17.0 Å². The summed E-state index contributed by atoms with van der Waals surface area (Å²) in [6.45, 7) is 0.282. The van der Waals surface area contributed by atoms with Gasteiger partial charge in [0.05, 0.1) is 0 Å². The molecule has 0 saturated heterocycles. The van der Waals surface area contributed by atoms with E-state index in [0.717, 1.165) is 0 Å². The minimum atomic E-state index is 0.282. The first-order valence-electron chi connectivity index (χ1n) is 6.27. The van der Waals surface area contributed by atoms with Crippen molar-refractivity contribution in [1.29, 1.82) is 0 Å². The summed E-state index contributed by atoms with van der Waals surface area (Å²) in [5.74, 6) is 0.902. The van der Waals surface area contributed by atoms with E-state index in [1.54, 1.807) is 0 Å². The first kappa shape index (κ1) is 11.8. The van der Waals surface area contributed by atoms with Gasteiger partial charge in [0, 0.05) is 28.6 Å². The number of hydrogen-bond acceptors (Lipinski definition) is 2. The molecule has 3 unspecified atom stereocenters. The van der Waals surface area contributed by atoms with Crippen LogP contribution in [0.4, 0.5) is 0 Å². The van der Waals surface area contributed by atoms with Crippen molar-refractivity contribution in [3.63, 3.8) is 0 Å². The highest BCUT2D eigenvalue weighted by molar-refractivity contribution is 8.00. The molecule has 1 nitrogen and oxygen atoms in total. The molecule has 92 valence electrons. The molecule has 0 aliphatic heterocycles. The third kappa shape index (κ3) is 2.31. The molecule has 1 N–H and O–H groups in total. The SMILES string of the molecule is OCC1C(Sc2ccccc2)C1c1ccccc1. The Bertz CT molecular complexity index is 497. The Labute approximate surface area is 112 Å². The zero-order valence-corrected chi connectivity index (χ0v) is 10.9. The number of thioether (sulfide) groups is 1. The maximum Gasteiger partial charge on any atom is 0.0476 e. The molecule has 0 heterocycles. The Morgan fingerprint density at radius 2 is 1.50 bits per heavy atom. The van der Waals surface area contributed by atoms with Crippen LogP contribution >= 0.6 is 11.8 Å². The van der Waals surface area contributed by atoms with E-state index in [1.807, 2.05) is 23.9 Å². The Hall–Kier alpha value is -1.25. The van der Waals surface area contributed by atoms with Gasteiger partial charge in [-0.2, -0.15) is 0 Å². The summed E-state index contributed by atoms with van der Waals surface area (Å²) in [6.07, 6.45) is 0. The highest BCUT2D eigenvalue weighted by atomic mass is 32.2. The van der Waals surface area contributed by atoms with Crippen molar-refractivity contribution in [2.45, 2.75) is 16.1 Å². The van der Waals surface area contributed by atoms with Gasteiger partial charge in [0.25, 0.3) is 0 Å². The summed E-state index contributed by atoms with van der Waals surface area (Å²) >= 11 is 1.89. The zero-order chi connectivity index (χ0) is 12.4. The molecular weight excluding hydrogens is 240 g/mol. The minimum Gasteiger partial charge on any atom is -0.396 e. The summed E-state index contributed by atoms with van der Waals surface area (Å²) < 4.78 is 0.